The van der Waals surface area contributed by atoms with Gasteiger partial charge in [0.25, 0.3) is 0 Å². The van der Waals surface area contributed by atoms with Crippen LogP contribution in [-0.2, 0) is 16.6 Å². The van der Waals surface area contributed by atoms with E-state index in [0.29, 0.717) is 6.42 Å². The van der Waals surface area contributed by atoms with Crippen molar-refractivity contribution in [2.45, 2.75) is 59.4 Å². The number of nitrogens with one attached hydrogen (secondary N) is 1. The van der Waals surface area contributed by atoms with Gasteiger partial charge < -0.3 is 5.32 Å². The van der Waals surface area contributed by atoms with Crippen molar-refractivity contribution < 1.29 is 4.79 Å². The molecule has 2 rings (SSSR count). The van der Waals surface area contributed by atoms with Gasteiger partial charge in [0, 0.05) is 0 Å². The average molecular weight is 323 g/mol. The smallest absolute Gasteiger partial charge is 0.224 e. The van der Waals surface area contributed by atoms with E-state index in [2.05, 4.69) is 82.4 Å². The Morgan fingerprint density at radius 1 is 1.04 bits per heavy atom. The highest BCUT2D eigenvalue weighted by atomic mass is 16.1. The number of rotatable bonds is 4. The summed E-state index contributed by atoms with van der Waals surface area (Å²) in [4.78, 5) is 12.4. The fourth-order valence-corrected chi connectivity index (χ4v) is 2.81. The van der Waals surface area contributed by atoms with E-state index in [9.17, 15) is 4.79 Å². The van der Waals surface area contributed by atoms with Crippen LogP contribution in [0.4, 0.5) is 0 Å². The quantitative estimate of drug-likeness (QED) is 0.841. The second-order valence-electron chi connectivity index (χ2n) is 7.77. The molecule has 1 N–H and O–H groups in total. The first-order chi connectivity index (χ1) is 11.2. The molecule has 1 atom stereocenters. The summed E-state index contributed by atoms with van der Waals surface area (Å²) < 4.78 is 0. The SMILES string of the molecule is Cc1ccc(C)c(CC(=O)N[C@@H](C)c2ccc(C(C)(C)C)cc2)c1. The molecule has 0 heterocycles. The van der Waals surface area contributed by atoms with Crippen LogP contribution in [-0.4, -0.2) is 5.91 Å². The normalized spacial score (nSPS) is 12.8. The minimum atomic E-state index is 0.0108. The topological polar surface area (TPSA) is 29.1 Å². The van der Waals surface area contributed by atoms with E-state index in [-0.39, 0.29) is 17.4 Å². The van der Waals surface area contributed by atoms with Gasteiger partial charge in [0.1, 0.15) is 0 Å². The van der Waals surface area contributed by atoms with Crippen LogP contribution in [0, 0.1) is 13.8 Å². The van der Waals surface area contributed by atoms with Crippen molar-refractivity contribution in [3.63, 3.8) is 0 Å². The number of hydrogen-bond donors (Lipinski definition) is 1. The Hall–Kier alpha value is -2.09. The van der Waals surface area contributed by atoms with Crippen LogP contribution in [0.15, 0.2) is 42.5 Å². The van der Waals surface area contributed by atoms with Gasteiger partial charge in [-0.25, -0.2) is 0 Å². The van der Waals surface area contributed by atoms with Crippen LogP contribution in [0.1, 0.15) is 61.6 Å². The predicted molar refractivity (Wildman–Crippen MR) is 101 cm³/mol. The first kappa shape index (κ1) is 18.3. The third-order valence-corrected chi connectivity index (χ3v) is 4.51. The van der Waals surface area contributed by atoms with E-state index in [1.807, 2.05) is 6.92 Å². The van der Waals surface area contributed by atoms with Crippen molar-refractivity contribution in [1.82, 2.24) is 5.32 Å². The number of benzene rings is 2. The fraction of sp³-hybridized carbons (Fsp3) is 0.409. The van der Waals surface area contributed by atoms with Crippen LogP contribution in [0.3, 0.4) is 0 Å². The molecule has 24 heavy (non-hydrogen) atoms. The van der Waals surface area contributed by atoms with Crippen LogP contribution in [0.25, 0.3) is 0 Å². The zero-order valence-electron chi connectivity index (χ0n) is 15.7. The molecule has 0 radical (unpaired) electrons. The van der Waals surface area contributed by atoms with Gasteiger partial charge >= 0.3 is 0 Å². The third kappa shape index (κ3) is 4.70. The molecule has 2 heteroatoms. The number of hydrogen-bond acceptors (Lipinski definition) is 1. The molecule has 0 saturated heterocycles. The Balaban J connectivity index is 2.02. The van der Waals surface area contributed by atoms with Crippen molar-refractivity contribution in [3.05, 3.63) is 70.3 Å². The first-order valence-electron chi connectivity index (χ1n) is 8.63. The van der Waals surface area contributed by atoms with Crippen LogP contribution >= 0.6 is 0 Å². The second-order valence-corrected chi connectivity index (χ2v) is 7.77. The predicted octanol–water partition coefficient (Wildman–Crippen LogP) is 5.02. The lowest BCUT2D eigenvalue weighted by Gasteiger charge is -2.21. The van der Waals surface area contributed by atoms with E-state index in [0.717, 1.165) is 16.7 Å². The number of aryl methyl sites for hydroxylation is 2. The fourth-order valence-electron chi connectivity index (χ4n) is 2.81. The van der Waals surface area contributed by atoms with Gasteiger partial charge in [0.15, 0.2) is 0 Å². The Morgan fingerprint density at radius 2 is 1.67 bits per heavy atom. The highest BCUT2D eigenvalue weighted by molar-refractivity contribution is 5.79. The van der Waals surface area contributed by atoms with Crippen molar-refractivity contribution in [1.29, 1.82) is 0 Å². The highest BCUT2D eigenvalue weighted by Gasteiger charge is 2.15. The number of carbonyl (C=O) groups excluding carboxylic acids is 1. The summed E-state index contributed by atoms with van der Waals surface area (Å²) in [5.41, 5.74) is 6.04. The van der Waals surface area contributed by atoms with Crippen molar-refractivity contribution in [2.24, 2.45) is 0 Å². The summed E-state index contributed by atoms with van der Waals surface area (Å²) in [5.74, 6) is 0.0658. The van der Waals surface area contributed by atoms with E-state index in [1.54, 1.807) is 0 Å². The summed E-state index contributed by atoms with van der Waals surface area (Å²) in [6.07, 6.45) is 0.429. The zero-order valence-corrected chi connectivity index (χ0v) is 15.7. The molecule has 128 valence electrons. The van der Waals surface area contributed by atoms with Gasteiger partial charge in [0.05, 0.1) is 12.5 Å². The van der Waals surface area contributed by atoms with E-state index >= 15 is 0 Å². The Bertz CT molecular complexity index is 708. The van der Waals surface area contributed by atoms with Crippen LogP contribution in [0.2, 0.25) is 0 Å². The standard InChI is InChI=1S/C22H29NO/c1-15-7-8-16(2)19(13-15)14-21(24)23-17(3)18-9-11-20(12-10-18)22(4,5)6/h7-13,17H,14H2,1-6H3,(H,23,24)/t17-/m0/s1. The molecule has 0 aliphatic rings. The zero-order chi connectivity index (χ0) is 17.9. The lowest BCUT2D eigenvalue weighted by atomic mass is 9.86. The number of carbonyl (C=O) groups is 1. The molecule has 0 aromatic heterocycles. The monoisotopic (exact) mass is 323 g/mol. The van der Waals surface area contributed by atoms with Crippen molar-refractivity contribution in [3.8, 4) is 0 Å². The molecular formula is C22H29NO. The highest BCUT2D eigenvalue weighted by Crippen LogP contribution is 2.24. The summed E-state index contributed by atoms with van der Waals surface area (Å²) in [6.45, 7) is 12.8. The first-order valence-corrected chi connectivity index (χ1v) is 8.63. The van der Waals surface area contributed by atoms with Gasteiger partial charge in [-0.05, 0) is 48.4 Å². The summed E-state index contributed by atoms with van der Waals surface area (Å²) in [5, 5.41) is 3.11. The molecule has 0 aliphatic carbocycles. The van der Waals surface area contributed by atoms with Gasteiger partial charge in [-0.2, -0.15) is 0 Å². The molecule has 2 aromatic carbocycles. The molecule has 0 bridgehead atoms. The van der Waals surface area contributed by atoms with E-state index in [1.165, 1.54) is 11.1 Å². The maximum Gasteiger partial charge on any atom is 0.224 e. The second kappa shape index (κ2) is 7.21. The molecular weight excluding hydrogens is 294 g/mol. The minimum Gasteiger partial charge on any atom is -0.349 e. The minimum absolute atomic E-state index is 0.0108. The van der Waals surface area contributed by atoms with Gasteiger partial charge in [0.2, 0.25) is 5.91 Å². The summed E-state index contributed by atoms with van der Waals surface area (Å²) in [7, 11) is 0. The van der Waals surface area contributed by atoms with Gasteiger partial charge in [-0.15, -0.1) is 0 Å². The van der Waals surface area contributed by atoms with E-state index in [4.69, 9.17) is 0 Å². The lowest BCUT2D eigenvalue weighted by Crippen LogP contribution is -2.28. The van der Waals surface area contributed by atoms with Crippen molar-refractivity contribution >= 4 is 5.91 Å². The van der Waals surface area contributed by atoms with E-state index < -0.39 is 0 Å². The van der Waals surface area contributed by atoms with Crippen LogP contribution in [0.5, 0.6) is 0 Å². The molecule has 0 fully saturated rings. The third-order valence-electron chi connectivity index (χ3n) is 4.51. The maximum absolute atomic E-state index is 12.4. The largest absolute Gasteiger partial charge is 0.349 e. The summed E-state index contributed by atoms with van der Waals surface area (Å²) in [6, 6.07) is 14.8. The Kier molecular flexibility index (Phi) is 5.48. The van der Waals surface area contributed by atoms with Gasteiger partial charge in [-0.1, -0.05) is 68.8 Å². The molecule has 2 nitrogen and oxygen atoms in total. The summed E-state index contributed by atoms with van der Waals surface area (Å²) >= 11 is 0. The molecule has 0 saturated carbocycles. The van der Waals surface area contributed by atoms with Gasteiger partial charge in [-0.3, -0.25) is 4.79 Å². The Morgan fingerprint density at radius 3 is 2.25 bits per heavy atom. The molecule has 0 spiro atoms. The average Bonchev–Trinajstić information content (AvgIpc) is 2.50. The van der Waals surface area contributed by atoms with Crippen LogP contribution < -0.4 is 5.32 Å². The number of amides is 1. The molecule has 1 amide bonds. The molecule has 0 aliphatic heterocycles. The Labute approximate surface area is 146 Å². The molecule has 2 aromatic rings. The maximum atomic E-state index is 12.4. The van der Waals surface area contributed by atoms with Crippen molar-refractivity contribution in [2.75, 3.05) is 0 Å². The molecule has 0 unspecified atom stereocenters. The lowest BCUT2D eigenvalue weighted by molar-refractivity contribution is -0.121.